The van der Waals surface area contributed by atoms with Gasteiger partial charge in [-0.15, -0.1) is 0 Å². The Morgan fingerprint density at radius 2 is 1.90 bits per heavy atom. The lowest BCUT2D eigenvalue weighted by atomic mass is 9.78. The largest absolute Gasteiger partial charge is 0.375 e. The molecule has 3 rings (SSSR count). The highest BCUT2D eigenvalue weighted by molar-refractivity contribution is 6.30. The number of hydrogen-bond donors (Lipinski definition) is 1. The minimum atomic E-state index is 0.174. The molecule has 1 spiro atoms. The van der Waals surface area contributed by atoms with Crippen LogP contribution in [0, 0.1) is 0 Å². The van der Waals surface area contributed by atoms with Crippen molar-refractivity contribution >= 4 is 11.6 Å². The van der Waals surface area contributed by atoms with Crippen LogP contribution in [0.5, 0.6) is 0 Å². The van der Waals surface area contributed by atoms with E-state index in [0.717, 1.165) is 18.1 Å². The maximum Gasteiger partial charge on any atom is 0.0697 e. The van der Waals surface area contributed by atoms with Crippen molar-refractivity contribution in [3.63, 3.8) is 0 Å². The molecule has 21 heavy (non-hydrogen) atoms. The molecule has 1 heterocycles. The number of hydrogen-bond acceptors (Lipinski definition) is 2. The van der Waals surface area contributed by atoms with Crippen molar-refractivity contribution < 1.29 is 4.74 Å². The van der Waals surface area contributed by atoms with Crippen LogP contribution in [0.3, 0.4) is 0 Å². The Balaban J connectivity index is 1.60. The van der Waals surface area contributed by atoms with Crippen molar-refractivity contribution in [2.24, 2.45) is 0 Å². The summed E-state index contributed by atoms with van der Waals surface area (Å²) in [5.41, 5.74) is 1.48. The Hall–Kier alpha value is -0.570. The van der Waals surface area contributed by atoms with E-state index in [1.54, 1.807) is 0 Å². The van der Waals surface area contributed by atoms with Gasteiger partial charge in [0.05, 0.1) is 5.60 Å². The van der Waals surface area contributed by atoms with E-state index in [4.69, 9.17) is 16.3 Å². The SMILES string of the molecule is CC(NC1CCOC2(CCCCC2)C1)c1ccc(Cl)cc1. The molecule has 2 atom stereocenters. The molecular weight excluding hydrogens is 282 g/mol. The predicted molar refractivity (Wildman–Crippen MR) is 87.8 cm³/mol. The number of nitrogens with one attached hydrogen (secondary N) is 1. The van der Waals surface area contributed by atoms with Gasteiger partial charge in [-0.3, -0.25) is 0 Å². The van der Waals surface area contributed by atoms with E-state index in [1.165, 1.54) is 44.1 Å². The van der Waals surface area contributed by atoms with Crippen LogP contribution >= 0.6 is 11.6 Å². The van der Waals surface area contributed by atoms with Gasteiger partial charge in [0.25, 0.3) is 0 Å². The molecule has 0 amide bonds. The normalized spacial score (nSPS) is 26.7. The highest BCUT2D eigenvalue weighted by atomic mass is 35.5. The second-order valence-corrected chi connectivity index (χ2v) is 7.16. The van der Waals surface area contributed by atoms with Crippen LogP contribution in [0.15, 0.2) is 24.3 Å². The second-order valence-electron chi connectivity index (χ2n) is 6.72. The standard InChI is InChI=1S/C18H26ClNO/c1-14(15-5-7-16(19)8-6-15)20-17-9-12-21-18(13-17)10-3-2-4-11-18/h5-8,14,17,20H,2-4,9-13H2,1H3. The Morgan fingerprint density at radius 1 is 1.19 bits per heavy atom. The molecule has 116 valence electrons. The van der Waals surface area contributed by atoms with Crippen molar-refractivity contribution in [3.8, 4) is 0 Å². The maximum atomic E-state index is 6.18. The minimum absolute atomic E-state index is 0.174. The smallest absolute Gasteiger partial charge is 0.0697 e. The summed E-state index contributed by atoms with van der Waals surface area (Å²) in [7, 11) is 0. The Morgan fingerprint density at radius 3 is 2.62 bits per heavy atom. The lowest BCUT2D eigenvalue weighted by Crippen LogP contribution is -2.48. The molecule has 1 saturated carbocycles. The molecular formula is C18H26ClNO. The van der Waals surface area contributed by atoms with Crippen LogP contribution in [-0.4, -0.2) is 18.2 Å². The molecule has 3 heteroatoms. The van der Waals surface area contributed by atoms with Gasteiger partial charge in [-0.2, -0.15) is 0 Å². The van der Waals surface area contributed by atoms with Crippen LogP contribution in [-0.2, 0) is 4.74 Å². The van der Waals surface area contributed by atoms with Crippen LogP contribution in [0.1, 0.15) is 63.5 Å². The number of halogens is 1. The molecule has 1 aliphatic carbocycles. The molecule has 1 N–H and O–H groups in total. The van der Waals surface area contributed by atoms with Gasteiger partial charge in [0.1, 0.15) is 0 Å². The molecule has 2 nitrogen and oxygen atoms in total. The molecule has 2 unspecified atom stereocenters. The first-order chi connectivity index (χ1) is 10.2. The lowest BCUT2D eigenvalue weighted by Gasteiger charge is -2.44. The van der Waals surface area contributed by atoms with Crippen molar-refractivity contribution in [1.82, 2.24) is 5.32 Å². The van der Waals surface area contributed by atoms with E-state index in [0.29, 0.717) is 12.1 Å². The third-order valence-electron chi connectivity index (χ3n) is 5.11. The third-order valence-corrected chi connectivity index (χ3v) is 5.37. The number of benzene rings is 1. The average molecular weight is 308 g/mol. The summed E-state index contributed by atoms with van der Waals surface area (Å²) < 4.78 is 6.18. The quantitative estimate of drug-likeness (QED) is 0.860. The van der Waals surface area contributed by atoms with Crippen molar-refractivity contribution in [1.29, 1.82) is 0 Å². The van der Waals surface area contributed by atoms with E-state index in [9.17, 15) is 0 Å². The molecule has 1 aliphatic heterocycles. The first-order valence-corrected chi connectivity index (χ1v) is 8.70. The molecule has 0 radical (unpaired) electrons. The van der Waals surface area contributed by atoms with Gasteiger partial charge in [0.15, 0.2) is 0 Å². The zero-order chi connectivity index (χ0) is 14.7. The molecule has 2 aliphatic rings. The molecule has 0 bridgehead atoms. The van der Waals surface area contributed by atoms with Crippen LogP contribution in [0.25, 0.3) is 0 Å². The Bertz CT molecular complexity index is 447. The second kappa shape index (κ2) is 6.68. The van der Waals surface area contributed by atoms with Gasteiger partial charge in [-0.05, 0) is 50.3 Å². The first-order valence-electron chi connectivity index (χ1n) is 8.32. The summed E-state index contributed by atoms with van der Waals surface area (Å²) in [6.07, 6.45) is 8.84. The summed E-state index contributed by atoms with van der Waals surface area (Å²) in [5, 5.41) is 4.61. The summed E-state index contributed by atoms with van der Waals surface area (Å²) in [4.78, 5) is 0. The molecule has 0 aromatic heterocycles. The zero-order valence-corrected chi connectivity index (χ0v) is 13.7. The fraction of sp³-hybridized carbons (Fsp3) is 0.667. The van der Waals surface area contributed by atoms with E-state index >= 15 is 0 Å². The highest BCUT2D eigenvalue weighted by Crippen LogP contribution is 2.39. The van der Waals surface area contributed by atoms with Crippen molar-refractivity contribution in [2.75, 3.05) is 6.61 Å². The van der Waals surface area contributed by atoms with Crippen molar-refractivity contribution in [2.45, 2.75) is 69.6 Å². The van der Waals surface area contributed by atoms with E-state index < -0.39 is 0 Å². The summed E-state index contributed by atoms with van der Waals surface area (Å²) in [6, 6.07) is 9.13. The van der Waals surface area contributed by atoms with Gasteiger partial charge in [0, 0.05) is 23.7 Å². The van der Waals surface area contributed by atoms with Gasteiger partial charge in [0.2, 0.25) is 0 Å². The lowest BCUT2D eigenvalue weighted by molar-refractivity contribution is -0.110. The van der Waals surface area contributed by atoms with E-state index in [2.05, 4.69) is 24.4 Å². The van der Waals surface area contributed by atoms with Gasteiger partial charge >= 0.3 is 0 Å². The summed E-state index contributed by atoms with van der Waals surface area (Å²) in [6.45, 7) is 3.15. The highest BCUT2D eigenvalue weighted by Gasteiger charge is 2.38. The van der Waals surface area contributed by atoms with Gasteiger partial charge in [-0.25, -0.2) is 0 Å². The fourth-order valence-electron chi connectivity index (χ4n) is 3.92. The van der Waals surface area contributed by atoms with Crippen LogP contribution < -0.4 is 5.32 Å². The number of rotatable bonds is 3. The maximum absolute atomic E-state index is 6.18. The Labute approximate surface area is 133 Å². The van der Waals surface area contributed by atoms with Crippen molar-refractivity contribution in [3.05, 3.63) is 34.9 Å². The molecule has 1 aromatic carbocycles. The summed E-state index contributed by atoms with van der Waals surface area (Å²) in [5.74, 6) is 0. The predicted octanol–water partition coefficient (Wildman–Crippen LogP) is 4.87. The topological polar surface area (TPSA) is 21.3 Å². The van der Waals surface area contributed by atoms with E-state index in [-0.39, 0.29) is 5.60 Å². The Kier molecular flexibility index (Phi) is 4.88. The summed E-state index contributed by atoms with van der Waals surface area (Å²) >= 11 is 5.97. The van der Waals surface area contributed by atoms with Gasteiger partial charge < -0.3 is 10.1 Å². The first kappa shape index (κ1) is 15.3. The molecule has 1 saturated heterocycles. The molecule has 2 fully saturated rings. The minimum Gasteiger partial charge on any atom is -0.375 e. The number of ether oxygens (including phenoxy) is 1. The monoisotopic (exact) mass is 307 g/mol. The molecule has 1 aromatic rings. The van der Waals surface area contributed by atoms with E-state index in [1.807, 2.05) is 12.1 Å². The fourth-order valence-corrected chi connectivity index (χ4v) is 4.04. The van der Waals surface area contributed by atoms with Crippen LogP contribution in [0.4, 0.5) is 0 Å². The average Bonchev–Trinajstić information content (AvgIpc) is 2.49. The zero-order valence-electron chi connectivity index (χ0n) is 12.9. The van der Waals surface area contributed by atoms with Gasteiger partial charge in [-0.1, -0.05) is 43.0 Å². The van der Waals surface area contributed by atoms with Crippen LogP contribution in [0.2, 0.25) is 5.02 Å². The third kappa shape index (κ3) is 3.80.